The Morgan fingerprint density at radius 1 is 0.692 bits per heavy atom. The maximum absolute atomic E-state index is 7.62. The average Bonchev–Trinajstić information content (AvgIpc) is 2.11. The molecule has 0 unspecified atom stereocenters. The number of nitrogens with one attached hydrogen (secondary N) is 5. The van der Waals surface area contributed by atoms with Crippen LogP contribution in [0.3, 0.4) is 0 Å². The molecule has 0 aromatic carbocycles. The molecule has 0 atom stereocenters. The van der Waals surface area contributed by atoms with Gasteiger partial charge < -0.3 is 26.8 Å². The van der Waals surface area contributed by atoms with Gasteiger partial charge in [-0.1, -0.05) is 0 Å². The van der Waals surface area contributed by atoms with Gasteiger partial charge in [0.05, 0.1) is 13.1 Å². The Hall–Kier alpha value is -0.200. The van der Waals surface area contributed by atoms with E-state index in [0.29, 0.717) is 0 Å². The summed E-state index contributed by atoms with van der Waals surface area (Å²) in [6.45, 7) is 7.73. The van der Waals surface area contributed by atoms with E-state index in [4.69, 9.17) is 5.84 Å². The van der Waals surface area contributed by atoms with Crippen LogP contribution in [0.1, 0.15) is 0 Å². The van der Waals surface area contributed by atoms with Gasteiger partial charge in [0, 0.05) is 39.3 Å². The highest BCUT2D eigenvalue weighted by Gasteiger charge is 1.98. The Bertz CT molecular complexity index is 107. The summed E-state index contributed by atoms with van der Waals surface area (Å²) in [5, 5.41) is 10.8. The van der Waals surface area contributed by atoms with E-state index in [9.17, 15) is 0 Å². The molecule has 0 aliphatic carbocycles. The van der Waals surface area contributed by atoms with Gasteiger partial charge in [-0.15, -0.1) is 0 Å². The van der Waals surface area contributed by atoms with Crippen LogP contribution < -0.4 is 21.0 Å². The Morgan fingerprint density at radius 3 is 1.54 bits per heavy atom. The Kier molecular flexibility index (Phi) is 6.05. The van der Waals surface area contributed by atoms with E-state index in [-0.39, 0.29) is 0 Å². The fourth-order valence-corrected chi connectivity index (χ4v) is 1.33. The standard InChI is InChI=1S/C8H21N5/c9-13-7-5-11-3-1-10-2-4-12-6-8-13/h9-13H,1-8H2. The van der Waals surface area contributed by atoms with Gasteiger partial charge in [0.15, 0.2) is 0 Å². The largest absolute Gasteiger partial charge is 0.469 e. The van der Waals surface area contributed by atoms with E-state index in [1.807, 2.05) is 0 Å². The normalized spacial score (nSPS) is 24.7. The molecule has 1 aliphatic heterocycles. The first-order valence-corrected chi connectivity index (χ1v) is 5.08. The highest BCUT2D eigenvalue weighted by atomic mass is 15.4. The second-order valence-electron chi connectivity index (χ2n) is 3.35. The summed E-state index contributed by atoms with van der Waals surface area (Å²) in [7, 11) is 0. The van der Waals surface area contributed by atoms with Crippen LogP contribution in [0, 0.1) is 0 Å². The van der Waals surface area contributed by atoms with E-state index in [0.717, 1.165) is 57.4 Å². The average molecular weight is 187 g/mol. The molecule has 0 spiro atoms. The Morgan fingerprint density at radius 2 is 1.08 bits per heavy atom. The van der Waals surface area contributed by atoms with Crippen molar-refractivity contribution in [1.82, 2.24) is 16.0 Å². The zero-order valence-corrected chi connectivity index (χ0v) is 8.16. The van der Waals surface area contributed by atoms with Crippen molar-refractivity contribution in [3.8, 4) is 0 Å². The number of rotatable bonds is 0. The van der Waals surface area contributed by atoms with E-state index >= 15 is 0 Å². The van der Waals surface area contributed by atoms with Gasteiger partial charge in [-0.25, -0.2) is 0 Å². The molecule has 0 amide bonds. The van der Waals surface area contributed by atoms with Crippen LogP contribution in [-0.2, 0) is 0 Å². The number of hydrogen-bond acceptors (Lipinski definition) is 3. The van der Waals surface area contributed by atoms with Gasteiger partial charge in [-0.05, 0) is 0 Å². The summed E-state index contributed by atoms with van der Waals surface area (Å²) in [5.74, 6) is 7.62. The van der Waals surface area contributed by atoms with Crippen molar-refractivity contribution in [3.05, 3.63) is 5.84 Å². The van der Waals surface area contributed by atoms with Crippen molar-refractivity contribution in [3.63, 3.8) is 0 Å². The molecule has 5 N–H and O–H groups in total. The molecule has 1 rings (SSSR count). The molecule has 1 saturated heterocycles. The zero-order valence-electron chi connectivity index (χ0n) is 8.16. The van der Waals surface area contributed by atoms with Crippen LogP contribution in [0.15, 0.2) is 0 Å². The fourth-order valence-electron chi connectivity index (χ4n) is 1.33. The Balaban J connectivity index is 2.11. The number of hydrogen-bond donors (Lipinski definition) is 4. The quantitative estimate of drug-likeness (QED) is 0.342. The topological polar surface area (TPSA) is 64.3 Å². The lowest BCUT2D eigenvalue weighted by Gasteiger charge is -2.22. The first-order chi connectivity index (χ1) is 6.39. The number of quaternary nitrogens is 1. The molecule has 5 nitrogen and oxygen atoms in total. The lowest BCUT2D eigenvalue weighted by atomic mass is 10.4. The fraction of sp³-hybridized carbons (Fsp3) is 1.00. The maximum atomic E-state index is 7.62. The van der Waals surface area contributed by atoms with Gasteiger partial charge in [-0.3, -0.25) is 0 Å². The molecule has 78 valence electrons. The molecule has 1 aliphatic rings. The van der Waals surface area contributed by atoms with E-state index in [1.54, 1.807) is 0 Å². The summed E-state index contributed by atoms with van der Waals surface area (Å²) in [5.41, 5.74) is 0. The van der Waals surface area contributed by atoms with Crippen LogP contribution in [0.5, 0.6) is 0 Å². The predicted molar refractivity (Wildman–Crippen MR) is 53.6 cm³/mol. The summed E-state index contributed by atoms with van der Waals surface area (Å²) < 4.78 is 0. The highest BCUT2D eigenvalue weighted by Crippen LogP contribution is 1.63. The minimum atomic E-state index is 0.855. The molecule has 0 radical (unpaired) electrons. The Labute approximate surface area is 80.0 Å². The van der Waals surface area contributed by atoms with Crippen LogP contribution in [0.2, 0.25) is 0 Å². The van der Waals surface area contributed by atoms with Gasteiger partial charge in [-0.2, -0.15) is 0 Å². The predicted octanol–water partition coefficient (Wildman–Crippen LogP) is -2.38. The second kappa shape index (κ2) is 7.23. The molecule has 1 heterocycles. The van der Waals surface area contributed by atoms with Crippen molar-refractivity contribution in [1.29, 1.82) is 0 Å². The minimum Gasteiger partial charge on any atom is -0.469 e. The summed E-state index contributed by atoms with van der Waals surface area (Å²) in [4.78, 5) is 0. The van der Waals surface area contributed by atoms with Crippen LogP contribution >= 0.6 is 0 Å². The smallest absolute Gasteiger partial charge is 0.0808 e. The molecule has 0 bridgehead atoms. The molecule has 13 heavy (non-hydrogen) atoms. The van der Waals surface area contributed by atoms with Gasteiger partial charge in [0.2, 0.25) is 0 Å². The van der Waals surface area contributed by atoms with Crippen molar-refractivity contribution in [2.45, 2.75) is 0 Å². The van der Waals surface area contributed by atoms with Gasteiger partial charge in [0.25, 0.3) is 0 Å². The first-order valence-electron chi connectivity index (χ1n) is 5.08. The van der Waals surface area contributed by atoms with Crippen molar-refractivity contribution in [2.75, 3.05) is 52.4 Å². The minimum absolute atomic E-state index is 0.855. The lowest BCUT2D eigenvalue weighted by Crippen LogP contribution is -3.07. The second-order valence-corrected chi connectivity index (χ2v) is 3.35. The molecular weight excluding hydrogens is 166 g/mol. The maximum Gasteiger partial charge on any atom is 0.0808 e. The zero-order chi connectivity index (χ0) is 9.36. The van der Waals surface area contributed by atoms with Crippen molar-refractivity contribution >= 4 is 0 Å². The monoisotopic (exact) mass is 187 g/mol. The highest BCUT2D eigenvalue weighted by molar-refractivity contribution is 4.55. The van der Waals surface area contributed by atoms with E-state index in [2.05, 4.69) is 16.0 Å². The van der Waals surface area contributed by atoms with Crippen LogP contribution in [0.4, 0.5) is 0 Å². The third-order valence-electron chi connectivity index (χ3n) is 2.16. The van der Waals surface area contributed by atoms with Gasteiger partial charge >= 0.3 is 0 Å². The molecular formula is C8H21N5. The molecule has 5 heteroatoms. The van der Waals surface area contributed by atoms with Crippen molar-refractivity contribution in [2.24, 2.45) is 0 Å². The molecule has 0 saturated carbocycles. The van der Waals surface area contributed by atoms with Crippen LogP contribution in [-0.4, -0.2) is 52.4 Å². The third kappa shape index (κ3) is 5.95. The van der Waals surface area contributed by atoms with Crippen LogP contribution in [0.25, 0.3) is 5.84 Å². The lowest BCUT2D eigenvalue weighted by molar-refractivity contribution is -0.845. The van der Waals surface area contributed by atoms with E-state index < -0.39 is 0 Å². The summed E-state index contributed by atoms with van der Waals surface area (Å²) in [6.07, 6.45) is 0. The van der Waals surface area contributed by atoms with E-state index in [1.165, 1.54) is 0 Å². The first kappa shape index (κ1) is 10.9. The van der Waals surface area contributed by atoms with Crippen molar-refractivity contribution < 1.29 is 5.01 Å². The molecule has 1 fully saturated rings. The SMILES string of the molecule is [NH-][NH+]1CCNCCNCCNCC1. The summed E-state index contributed by atoms with van der Waals surface area (Å²) in [6, 6.07) is 0. The third-order valence-corrected chi connectivity index (χ3v) is 2.16. The molecule has 0 aromatic rings. The van der Waals surface area contributed by atoms with Gasteiger partial charge in [0.1, 0.15) is 0 Å². The molecule has 0 aromatic heterocycles. The summed E-state index contributed by atoms with van der Waals surface area (Å²) >= 11 is 0.